The molecule has 11 heteroatoms. The first kappa shape index (κ1) is 43.5. The number of alkyl carbamates (subject to hydrolysis) is 1. The maximum Gasteiger partial charge on any atom is 0.407 e. The van der Waals surface area contributed by atoms with Gasteiger partial charge in [-0.05, 0) is 107 Å². The summed E-state index contributed by atoms with van der Waals surface area (Å²) in [6.45, 7) is 10.3. The molecule has 0 bridgehead atoms. The highest BCUT2D eigenvalue weighted by Crippen LogP contribution is 2.14. The smallest absolute Gasteiger partial charge is 0.407 e. The van der Waals surface area contributed by atoms with Crippen LogP contribution in [-0.2, 0) is 27.4 Å². The monoisotopic (exact) mass is 711 g/mol. The van der Waals surface area contributed by atoms with Crippen LogP contribution in [0, 0.1) is 11.8 Å². The van der Waals surface area contributed by atoms with Gasteiger partial charge in [0, 0.05) is 38.0 Å². The van der Waals surface area contributed by atoms with E-state index in [9.17, 15) is 14.4 Å². The Morgan fingerprint density at radius 2 is 1.22 bits per heavy atom. The normalized spacial score (nSPS) is 12.3. The van der Waals surface area contributed by atoms with Crippen molar-refractivity contribution >= 4 is 17.9 Å². The number of carbonyl (C=O) groups is 3. The van der Waals surface area contributed by atoms with Crippen LogP contribution in [0.5, 0.6) is 5.75 Å². The fraction of sp³-hybridized carbons (Fsp3) is 0.625. The highest BCUT2D eigenvalue weighted by atomic mass is 16.5. The zero-order chi connectivity index (χ0) is 36.9. The molecular weight excluding hydrogens is 644 g/mol. The summed E-state index contributed by atoms with van der Waals surface area (Å²) < 4.78 is 11.4. The van der Waals surface area contributed by atoms with Crippen molar-refractivity contribution in [3.05, 3.63) is 65.7 Å². The summed E-state index contributed by atoms with van der Waals surface area (Å²) >= 11 is 0. The van der Waals surface area contributed by atoms with E-state index < -0.39 is 6.09 Å². The molecule has 2 atom stereocenters. The molecule has 0 heterocycles. The third-order valence-electron chi connectivity index (χ3n) is 8.95. The van der Waals surface area contributed by atoms with Crippen molar-refractivity contribution in [1.82, 2.24) is 20.9 Å². The van der Waals surface area contributed by atoms with E-state index in [2.05, 4.69) is 33.0 Å². The summed E-state index contributed by atoms with van der Waals surface area (Å²) in [4.78, 5) is 39.2. The average Bonchev–Trinajstić information content (AvgIpc) is 3.14. The highest BCUT2D eigenvalue weighted by Gasteiger charge is 2.14. The van der Waals surface area contributed by atoms with Crippen LogP contribution in [0.1, 0.15) is 89.2 Å². The Hall–Kier alpha value is -3.67. The van der Waals surface area contributed by atoms with Gasteiger partial charge in [-0.15, -0.1) is 0 Å². The summed E-state index contributed by atoms with van der Waals surface area (Å²) in [7, 11) is 0. The summed E-state index contributed by atoms with van der Waals surface area (Å²) in [6.07, 6.45) is 9.57. The van der Waals surface area contributed by atoms with Crippen molar-refractivity contribution < 1.29 is 23.9 Å². The topological polar surface area (TPSA) is 161 Å². The van der Waals surface area contributed by atoms with Gasteiger partial charge in [-0.2, -0.15) is 0 Å². The Balaban J connectivity index is 1.70. The highest BCUT2D eigenvalue weighted by molar-refractivity contribution is 5.78. The number of hydrogen-bond donors (Lipinski definition) is 5. The van der Waals surface area contributed by atoms with E-state index >= 15 is 0 Å². The molecule has 51 heavy (non-hydrogen) atoms. The van der Waals surface area contributed by atoms with Crippen molar-refractivity contribution in [2.45, 2.75) is 91.1 Å². The second-order valence-electron chi connectivity index (χ2n) is 13.4. The number of nitrogens with zero attached hydrogens (tertiary/aromatic N) is 1. The lowest BCUT2D eigenvalue weighted by atomic mass is 10.0. The van der Waals surface area contributed by atoms with Crippen LogP contribution < -0.4 is 32.2 Å². The summed E-state index contributed by atoms with van der Waals surface area (Å²) in [6, 6.07) is 17.8. The Labute approximate surface area is 307 Å². The van der Waals surface area contributed by atoms with Crippen LogP contribution in [0.4, 0.5) is 4.79 Å². The van der Waals surface area contributed by atoms with Crippen LogP contribution in [0.2, 0.25) is 0 Å². The molecule has 0 unspecified atom stereocenters. The van der Waals surface area contributed by atoms with Gasteiger partial charge in [0.25, 0.3) is 0 Å². The molecule has 2 aromatic carbocycles. The maximum atomic E-state index is 12.5. The van der Waals surface area contributed by atoms with Gasteiger partial charge in [-0.1, -0.05) is 69.2 Å². The van der Waals surface area contributed by atoms with Gasteiger partial charge in [0.2, 0.25) is 11.8 Å². The number of nitrogens with one attached hydrogen (secondary N) is 3. The fourth-order valence-corrected chi connectivity index (χ4v) is 5.63. The molecule has 286 valence electrons. The summed E-state index contributed by atoms with van der Waals surface area (Å²) in [5.74, 6) is 1.01. The van der Waals surface area contributed by atoms with Gasteiger partial charge in [-0.25, -0.2) is 4.79 Å². The van der Waals surface area contributed by atoms with Crippen LogP contribution >= 0.6 is 0 Å². The van der Waals surface area contributed by atoms with Crippen LogP contribution in [0.15, 0.2) is 54.6 Å². The Morgan fingerprint density at radius 3 is 1.78 bits per heavy atom. The standard InChI is InChI=1S/C40H66N6O5/c1-33(14-6-9-23-41)38(47)43-26-12-28-46(29-13-27-44-39(48)34(2)15-7-10-24-42)30-31-50-37-21-19-35(20-22-37)16-8-11-25-45-40(49)51-32-36-17-4-3-5-18-36/h3-5,17-22,33-34H,6-16,23-32,41-42H2,1-2H3,(H,43,47)(H,44,48)(H,45,49)/t33-,34-/m0/s1. The molecule has 0 aliphatic rings. The molecule has 0 radical (unpaired) electrons. The predicted octanol–water partition coefficient (Wildman–Crippen LogP) is 5.16. The molecule has 2 rings (SSSR count). The number of hydrogen-bond acceptors (Lipinski definition) is 8. The number of aryl methyl sites for hydroxylation is 1. The van der Waals surface area contributed by atoms with Crippen molar-refractivity contribution in [3.8, 4) is 5.75 Å². The molecule has 0 saturated carbocycles. The quantitative estimate of drug-likeness (QED) is 0.0724. The zero-order valence-electron chi connectivity index (χ0n) is 31.3. The molecule has 3 amide bonds. The lowest BCUT2D eigenvalue weighted by Gasteiger charge is -2.23. The van der Waals surface area contributed by atoms with Gasteiger partial charge in [0.15, 0.2) is 0 Å². The average molecular weight is 711 g/mol. The SMILES string of the molecule is C[C@@H](CCCCN)C(=O)NCCCN(CCCNC(=O)[C@@H](C)CCCCN)CCOc1ccc(CCCCNC(=O)OCc2ccccc2)cc1. The molecule has 2 aromatic rings. The second-order valence-corrected chi connectivity index (χ2v) is 13.4. The number of ether oxygens (including phenoxy) is 2. The van der Waals surface area contributed by atoms with Gasteiger partial charge < -0.3 is 36.9 Å². The molecular formula is C40H66N6O5. The van der Waals surface area contributed by atoms with Gasteiger partial charge >= 0.3 is 6.09 Å². The third-order valence-corrected chi connectivity index (χ3v) is 8.95. The van der Waals surface area contributed by atoms with Crippen molar-refractivity contribution in [2.75, 3.05) is 59.0 Å². The Bertz CT molecular complexity index is 1160. The first-order valence-corrected chi connectivity index (χ1v) is 19.2. The van der Waals surface area contributed by atoms with Crippen LogP contribution in [0.25, 0.3) is 0 Å². The van der Waals surface area contributed by atoms with E-state index in [4.69, 9.17) is 20.9 Å². The van der Waals surface area contributed by atoms with E-state index in [1.807, 2.05) is 56.3 Å². The molecule has 0 saturated heterocycles. The largest absolute Gasteiger partial charge is 0.492 e. The second kappa shape index (κ2) is 28.0. The minimum absolute atomic E-state index is 0.00751. The van der Waals surface area contributed by atoms with E-state index in [1.165, 1.54) is 5.56 Å². The van der Waals surface area contributed by atoms with Gasteiger partial charge in [0.1, 0.15) is 19.0 Å². The summed E-state index contributed by atoms with van der Waals surface area (Å²) in [5, 5.41) is 8.99. The molecule has 0 aromatic heterocycles. The van der Waals surface area contributed by atoms with Crippen molar-refractivity contribution in [2.24, 2.45) is 23.3 Å². The van der Waals surface area contributed by atoms with E-state index in [1.54, 1.807) is 0 Å². The molecule has 7 N–H and O–H groups in total. The molecule has 0 fully saturated rings. The number of carbonyl (C=O) groups excluding carboxylic acids is 3. The Morgan fingerprint density at radius 1 is 0.647 bits per heavy atom. The fourth-order valence-electron chi connectivity index (χ4n) is 5.63. The number of unbranched alkanes of at least 4 members (excludes halogenated alkanes) is 3. The lowest BCUT2D eigenvalue weighted by molar-refractivity contribution is -0.125. The third kappa shape index (κ3) is 21.3. The minimum Gasteiger partial charge on any atom is -0.492 e. The number of rotatable bonds is 29. The zero-order valence-corrected chi connectivity index (χ0v) is 31.3. The van der Waals surface area contributed by atoms with E-state index in [-0.39, 0.29) is 30.3 Å². The van der Waals surface area contributed by atoms with Crippen LogP contribution in [-0.4, -0.2) is 81.8 Å². The molecule has 0 aliphatic carbocycles. The van der Waals surface area contributed by atoms with E-state index in [0.717, 1.165) is 102 Å². The summed E-state index contributed by atoms with van der Waals surface area (Å²) in [5.41, 5.74) is 13.4. The maximum absolute atomic E-state index is 12.5. The van der Waals surface area contributed by atoms with Gasteiger partial charge in [0.05, 0.1) is 0 Å². The molecule has 11 nitrogen and oxygen atoms in total. The lowest BCUT2D eigenvalue weighted by Crippen LogP contribution is -2.36. The minimum atomic E-state index is -0.392. The first-order chi connectivity index (χ1) is 24.8. The molecule has 0 spiro atoms. The number of nitrogens with two attached hydrogens (primary N) is 2. The first-order valence-electron chi connectivity index (χ1n) is 19.2. The molecule has 0 aliphatic heterocycles. The number of amides is 3. The van der Waals surface area contributed by atoms with Crippen LogP contribution in [0.3, 0.4) is 0 Å². The van der Waals surface area contributed by atoms with Crippen molar-refractivity contribution in [3.63, 3.8) is 0 Å². The Kier molecular flexibility index (Phi) is 23.9. The number of benzene rings is 2. The van der Waals surface area contributed by atoms with Gasteiger partial charge in [-0.3, -0.25) is 14.5 Å². The predicted molar refractivity (Wildman–Crippen MR) is 205 cm³/mol. The van der Waals surface area contributed by atoms with E-state index in [0.29, 0.717) is 39.3 Å². The van der Waals surface area contributed by atoms with Crippen molar-refractivity contribution in [1.29, 1.82) is 0 Å².